The maximum Gasteiger partial charge on any atom is 0.307 e. The summed E-state index contributed by atoms with van der Waals surface area (Å²) in [4.78, 5) is 12.2. The number of fused-ring (bicyclic) bond motifs is 1. The monoisotopic (exact) mass is 475 g/mol. The number of carbonyl (C=O) groups excluding carboxylic acids is 1. The van der Waals surface area contributed by atoms with E-state index in [4.69, 9.17) is 19.2 Å². The third-order valence-corrected chi connectivity index (χ3v) is 4.36. The minimum Gasteiger partial charge on any atom is -0.493 e. The van der Waals surface area contributed by atoms with Crippen molar-refractivity contribution in [2.45, 2.75) is 0 Å². The first-order chi connectivity index (χ1) is 13.1. The highest BCUT2D eigenvalue weighted by molar-refractivity contribution is 14.1. The van der Waals surface area contributed by atoms with E-state index in [-0.39, 0.29) is 12.4 Å². The van der Waals surface area contributed by atoms with Gasteiger partial charge in [0.25, 0.3) is 0 Å². The van der Waals surface area contributed by atoms with Crippen LogP contribution in [0.5, 0.6) is 11.5 Å². The van der Waals surface area contributed by atoms with Crippen molar-refractivity contribution in [1.82, 2.24) is 5.43 Å². The molecule has 0 radical (unpaired) electrons. The van der Waals surface area contributed by atoms with Gasteiger partial charge in [-0.1, -0.05) is 18.2 Å². The van der Waals surface area contributed by atoms with Gasteiger partial charge >= 0.3 is 5.91 Å². The second kappa shape index (κ2) is 8.55. The molecule has 0 aliphatic rings. The average molecular weight is 475 g/mol. The van der Waals surface area contributed by atoms with Gasteiger partial charge in [0, 0.05) is 5.39 Å². The van der Waals surface area contributed by atoms with Crippen molar-refractivity contribution in [3.05, 3.63) is 57.4 Å². The second-order valence-electron chi connectivity index (χ2n) is 5.33. The first-order valence-electron chi connectivity index (χ1n) is 7.81. The summed E-state index contributed by atoms with van der Waals surface area (Å²) in [7, 11) is 1.51. The van der Waals surface area contributed by atoms with Crippen LogP contribution in [-0.2, 0) is 0 Å². The van der Waals surface area contributed by atoms with E-state index >= 15 is 0 Å². The summed E-state index contributed by atoms with van der Waals surface area (Å²) in [5.41, 5.74) is 3.77. The molecule has 0 aliphatic carbocycles. The zero-order chi connectivity index (χ0) is 19.2. The predicted octanol–water partition coefficient (Wildman–Crippen LogP) is 3.71. The quantitative estimate of drug-likeness (QED) is 0.333. The fourth-order valence-electron chi connectivity index (χ4n) is 2.37. The molecule has 2 aromatic carbocycles. The molecular formula is C19H14IN3O4. The van der Waals surface area contributed by atoms with Gasteiger partial charge < -0.3 is 13.9 Å². The molecule has 1 heterocycles. The van der Waals surface area contributed by atoms with E-state index in [0.717, 1.165) is 8.96 Å². The largest absolute Gasteiger partial charge is 0.493 e. The Bertz CT molecular complexity index is 1020. The number of nitrogens with zero attached hydrogens (tertiary/aromatic N) is 2. The Morgan fingerprint density at radius 2 is 2.19 bits per heavy atom. The maximum atomic E-state index is 12.2. The molecule has 3 aromatic rings. The van der Waals surface area contributed by atoms with Crippen molar-refractivity contribution in [3.63, 3.8) is 0 Å². The lowest BCUT2D eigenvalue weighted by Crippen LogP contribution is -2.16. The summed E-state index contributed by atoms with van der Waals surface area (Å²) in [6.07, 6.45) is 1.49. The molecule has 1 N–H and O–H groups in total. The second-order valence-corrected chi connectivity index (χ2v) is 6.49. The van der Waals surface area contributed by atoms with Crippen LogP contribution in [0.2, 0.25) is 0 Å². The van der Waals surface area contributed by atoms with Crippen LogP contribution in [0, 0.1) is 14.9 Å². The number of hydrogen-bond donors (Lipinski definition) is 1. The van der Waals surface area contributed by atoms with Crippen molar-refractivity contribution >= 4 is 45.7 Å². The summed E-state index contributed by atoms with van der Waals surface area (Å²) in [5.74, 6) is 0.698. The normalized spacial score (nSPS) is 10.7. The van der Waals surface area contributed by atoms with Crippen LogP contribution in [-0.4, -0.2) is 25.8 Å². The smallest absolute Gasteiger partial charge is 0.307 e. The van der Waals surface area contributed by atoms with Crippen LogP contribution >= 0.6 is 22.6 Å². The Labute approximate surface area is 168 Å². The van der Waals surface area contributed by atoms with E-state index in [1.165, 1.54) is 13.3 Å². The molecule has 1 amide bonds. The fraction of sp³-hybridized carbons (Fsp3) is 0.105. The van der Waals surface area contributed by atoms with E-state index in [0.29, 0.717) is 22.6 Å². The van der Waals surface area contributed by atoms with E-state index in [1.807, 2.05) is 24.3 Å². The number of furan rings is 1. The average Bonchev–Trinajstić information content (AvgIpc) is 3.11. The van der Waals surface area contributed by atoms with Gasteiger partial charge in [-0.05, 0) is 52.4 Å². The lowest BCUT2D eigenvalue weighted by Gasteiger charge is -2.11. The molecule has 0 saturated carbocycles. The number of hydrogen-bond acceptors (Lipinski definition) is 6. The number of halogens is 1. The number of rotatable bonds is 6. The molecule has 0 unspecified atom stereocenters. The van der Waals surface area contributed by atoms with Gasteiger partial charge in [-0.25, -0.2) is 5.43 Å². The van der Waals surface area contributed by atoms with Crippen LogP contribution in [0.3, 0.4) is 0 Å². The molecular weight excluding hydrogens is 461 g/mol. The van der Waals surface area contributed by atoms with Gasteiger partial charge in [0.2, 0.25) is 0 Å². The number of benzene rings is 2. The Morgan fingerprint density at radius 3 is 2.93 bits per heavy atom. The minimum absolute atomic E-state index is 0.0760. The topological polar surface area (TPSA) is 96.8 Å². The molecule has 1 aromatic heterocycles. The molecule has 0 saturated heterocycles. The number of hydrazone groups is 1. The lowest BCUT2D eigenvalue weighted by molar-refractivity contribution is 0.0929. The Hall–Kier alpha value is -3.06. The molecule has 8 heteroatoms. The highest BCUT2D eigenvalue weighted by atomic mass is 127. The summed E-state index contributed by atoms with van der Waals surface area (Å²) in [6, 6.07) is 14.4. The minimum atomic E-state index is -0.446. The lowest BCUT2D eigenvalue weighted by atomic mass is 10.2. The molecule has 0 fully saturated rings. The van der Waals surface area contributed by atoms with Gasteiger partial charge in [0.05, 0.1) is 16.9 Å². The Balaban J connectivity index is 1.72. The first-order valence-corrected chi connectivity index (χ1v) is 8.89. The third-order valence-electron chi connectivity index (χ3n) is 3.56. The van der Waals surface area contributed by atoms with E-state index in [1.54, 1.807) is 24.3 Å². The molecule has 0 spiro atoms. The highest BCUT2D eigenvalue weighted by Gasteiger charge is 2.12. The number of nitriles is 1. The van der Waals surface area contributed by atoms with Crippen molar-refractivity contribution in [3.8, 4) is 17.6 Å². The summed E-state index contributed by atoms with van der Waals surface area (Å²) >= 11 is 2.08. The summed E-state index contributed by atoms with van der Waals surface area (Å²) in [5, 5.41) is 13.5. The van der Waals surface area contributed by atoms with E-state index in [9.17, 15) is 4.79 Å². The number of para-hydroxylation sites is 1. The van der Waals surface area contributed by atoms with Crippen molar-refractivity contribution < 1.29 is 18.7 Å². The number of amides is 1. The third kappa shape index (κ3) is 4.38. The number of ether oxygens (including phenoxy) is 2. The van der Waals surface area contributed by atoms with Gasteiger partial charge in [0.15, 0.2) is 23.9 Å². The van der Waals surface area contributed by atoms with Crippen LogP contribution in [0.4, 0.5) is 0 Å². The number of carbonyl (C=O) groups is 1. The highest BCUT2D eigenvalue weighted by Crippen LogP contribution is 2.33. The van der Waals surface area contributed by atoms with Crippen molar-refractivity contribution in [1.29, 1.82) is 5.26 Å². The SMILES string of the molecule is COc1cc(/C=N/NC(=O)c2cc3ccccc3o2)cc(I)c1OCC#N. The molecule has 0 bridgehead atoms. The van der Waals surface area contributed by atoms with Crippen LogP contribution in [0.1, 0.15) is 16.1 Å². The maximum absolute atomic E-state index is 12.2. The molecule has 0 atom stereocenters. The van der Waals surface area contributed by atoms with Crippen LogP contribution in [0.25, 0.3) is 11.0 Å². The van der Waals surface area contributed by atoms with Crippen molar-refractivity contribution in [2.75, 3.05) is 13.7 Å². The van der Waals surface area contributed by atoms with E-state index < -0.39 is 5.91 Å². The van der Waals surface area contributed by atoms with Gasteiger partial charge in [-0.3, -0.25) is 4.79 Å². The van der Waals surface area contributed by atoms with Crippen LogP contribution in [0.15, 0.2) is 52.0 Å². The van der Waals surface area contributed by atoms with E-state index in [2.05, 4.69) is 33.1 Å². The number of methoxy groups -OCH3 is 1. The predicted molar refractivity (Wildman–Crippen MR) is 108 cm³/mol. The zero-order valence-electron chi connectivity index (χ0n) is 14.2. The van der Waals surface area contributed by atoms with Gasteiger partial charge in [-0.15, -0.1) is 0 Å². The van der Waals surface area contributed by atoms with Gasteiger partial charge in [0.1, 0.15) is 11.7 Å². The van der Waals surface area contributed by atoms with Crippen LogP contribution < -0.4 is 14.9 Å². The summed E-state index contributed by atoms with van der Waals surface area (Å²) in [6.45, 7) is -0.0760. The standard InChI is InChI=1S/C19H14IN3O4/c1-25-16-9-12(8-14(20)18(16)26-7-6-21)11-22-23-19(24)17-10-13-4-2-3-5-15(13)27-17/h2-5,8-11H,7H2,1H3,(H,23,24)/b22-11+. The first kappa shape index (κ1) is 18.7. The van der Waals surface area contributed by atoms with Crippen molar-refractivity contribution in [2.24, 2.45) is 5.10 Å². The molecule has 27 heavy (non-hydrogen) atoms. The molecule has 136 valence electrons. The summed E-state index contributed by atoms with van der Waals surface area (Å²) < 4.78 is 16.9. The molecule has 3 rings (SSSR count). The Morgan fingerprint density at radius 1 is 1.37 bits per heavy atom. The van der Waals surface area contributed by atoms with Gasteiger partial charge in [-0.2, -0.15) is 10.4 Å². The fourth-order valence-corrected chi connectivity index (χ4v) is 3.15. The molecule has 0 aliphatic heterocycles. The molecule has 7 nitrogen and oxygen atoms in total. The zero-order valence-corrected chi connectivity index (χ0v) is 16.4. The number of nitrogens with one attached hydrogen (secondary N) is 1. The Kier molecular flexibility index (Phi) is 5.93.